The molecule has 2 aromatic carbocycles. The summed E-state index contributed by atoms with van der Waals surface area (Å²) in [6.45, 7) is 0.207. The molecule has 1 aromatic heterocycles. The van der Waals surface area contributed by atoms with Crippen LogP contribution in [0.3, 0.4) is 0 Å². The Labute approximate surface area is 152 Å². The first-order chi connectivity index (χ1) is 12.5. The Balaban J connectivity index is 1.59. The van der Waals surface area contributed by atoms with Crippen LogP contribution in [0.4, 0.5) is 14.5 Å². The number of halogens is 3. The second-order valence-corrected chi connectivity index (χ2v) is 6.35. The third kappa shape index (κ3) is 2.94. The van der Waals surface area contributed by atoms with Gasteiger partial charge in [0.05, 0.1) is 10.7 Å². The minimum Gasteiger partial charge on any atom is -0.334 e. The monoisotopic (exact) mass is 375 g/mol. The van der Waals surface area contributed by atoms with Gasteiger partial charge in [0.25, 0.3) is 5.89 Å². The van der Waals surface area contributed by atoms with Crippen LogP contribution in [0.1, 0.15) is 18.2 Å². The third-order valence-electron chi connectivity index (χ3n) is 4.23. The number of nitrogens with zero attached hydrogens (tertiary/aromatic N) is 3. The van der Waals surface area contributed by atoms with E-state index in [1.165, 1.54) is 35.2 Å². The van der Waals surface area contributed by atoms with Crippen LogP contribution in [0, 0.1) is 11.6 Å². The number of benzene rings is 2. The molecule has 0 N–H and O–H groups in total. The summed E-state index contributed by atoms with van der Waals surface area (Å²) in [6, 6.07) is 10.3. The molecule has 8 heteroatoms. The fraction of sp³-hybridized carbons (Fsp3) is 0.167. The highest BCUT2D eigenvalue weighted by Crippen LogP contribution is 2.34. The number of carbonyl (C=O) groups excluding carboxylic acids is 1. The average Bonchev–Trinajstić information content (AvgIpc) is 3.24. The first kappa shape index (κ1) is 16.7. The molecule has 1 aliphatic rings. The van der Waals surface area contributed by atoms with Crippen molar-refractivity contribution in [2.24, 2.45) is 0 Å². The smallest absolute Gasteiger partial charge is 0.258 e. The van der Waals surface area contributed by atoms with Crippen LogP contribution >= 0.6 is 11.6 Å². The summed E-state index contributed by atoms with van der Waals surface area (Å²) in [5.74, 6) is -1.18. The predicted molar refractivity (Wildman–Crippen MR) is 90.8 cm³/mol. The van der Waals surface area contributed by atoms with Gasteiger partial charge in [0.2, 0.25) is 5.91 Å². The zero-order chi connectivity index (χ0) is 18.3. The maximum absolute atomic E-state index is 14.2. The molecule has 0 aliphatic carbocycles. The Morgan fingerprint density at radius 2 is 2.00 bits per heavy atom. The van der Waals surface area contributed by atoms with Crippen molar-refractivity contribution in [3.8, 4) is 11.5 Å². The second kappa shape index (κ2) is 6.49. The standard InChI is InChI=1S/C18H12ClF2N3O2/c19-13-5-2-6-14(16(13)21)24-9-11(8-15(24)25)17-22-18(26-23-17)10-3-1-4-12(20)7-10/h1-7,11H,8-9H2. The Hall–Kier alpha value is -2.80. The van der Waals surface area contributed by atoms with Crippen molar-refractivity contribution in [3.63, 3.8) is 0 Å². The van der Waals surface area contributed by atoms with Gasteiger partial charge in [-0.25, -0.2) is 8.78 Å². The van der Waals surface area contributed by atoms with Crippen LogP contribution in [-0.4, -0.2) is 22.6 Å². The Bertz CT molecular complexity index is 992. The van der Waals surface area contributed by atoms with E-state index in [2.05, 4.69) is 10.1 Å². The van der Waals surface area contributed by atoms with Crippen LogP contribution in [0.15, 0.2) is 47.0 Å². The first-order valence-corrected chi connectivity index (χ1v) is 8.24. The van der Waals surface area contributed by atoms with Gasteiger partial charge in [0.1, 0.15) is 5.82 Å². The second-order valence-electron chi connectivity index (χ2n) is 5.95. The van der Waals surface area contributed by atoms with Gasteiger partial charge in [-0.15, -0.1) is 0 Å². The maximum Gasteiger partial charge on any atom is 0.258 e. The molecular weight excluding hydrogens is 364 g/mol. The summed E-state index contributed by atoms with van der Waals surface area (Å²) in [5.41, 5.74) is 0.574. The third-order valence-corrected chi connectivity index (χ3v) is 4.52. The summed E-state index contributed by atoms with van der Waals surface area (Å²) in [4.78, 5) is 17.9. The molecule has 5 nitrogen and oxygen atoms in total. The fourth-order valence-corrected chi connectivity index (χ4v) is 3.12. The van der Waals surface area contributed by atoms with Crippen molar-refractivity contribution in [1.29, 1.82) is 0 Å². The topological polar surface area (TPSA) is 59.2 Å². The van der Waals surface area contributed by atoms with E-state index in [-0.39, 0.29) is 41.4 Å². The SMILES string of the molecule is O=C1CC(c2noc(-c3cccc(F)c3)n2)CN1c1cccc(Cl)c1F. The van der Waals surface area contributed by atoms with Gasteiger partial charge in [-0.2, -0.15) is 4.98 Å². The number of carbonyl (C=O) groups is 1. The van der Waals surface area contributed by atoms with Crippen molar-refractivity contribution in [3.05, 3.63) is 64.9 Å². The molecule has 4 rings (SSSR count). The predicted octanol–water partition coefficient (Wildman–Crippen LogP) is 4.19. The van der Waals surface area contributed by atoms with E-state index in [9.17, 15) is 13.6 Å². The van der Waals surface area contributed by atoms with Crippen LogP contribution in [0.2, 0.25) is 5.02 Å². The van der Waals surface area contributed by atoms with Gasteiger partial charge in [-0.05, 0) is 30.3 Å². The van der Waals surface area contributed by atoms with E-state index < -0.39 is 11.6 Å². The lowest BCUT2D eigenvalue weighted by atomic mass is 10.1. The zero-order valence-corrected chi connectivity index (χ0v) is 14.1. The number of aromatic nitrogens is 2. The largest absolute Gasteiger partial charge is 0.334 e. The molecule has 1 unspecified atom stereocenters. The summed E-state index contributed by atoms with van der Waals surface area (Å²) in [6.07, 6.45) is 0.119. The molecule has 0 spiro atoms. The Morgan fingerprint density at radius 1 is 1.19 bits per heavy atom. The lowest BCUT2D eigenvalue weighted by Crippen LogP contribution is -2.25. The first-order valence-electron chi connectivity index (χ1n) is 7.87. The van der Waals surface area contributed by atoms with Crippen molar-refractivity contribution in [1.82, 2.24) is 10.1 Å². The molecule has 1 atom stereocenters. The Morgan fingerprint density at radius 3 is 2.81 bits per heavy atom. The molecule has 1 amide bonds. The number of rotatable bonds is 3. The number of hydrogen-bond donors (Lipinski definition) is 0. The number of amides is 1. The minimum absolute atomic E-state index is 0.0494. The van der Waals surface area contributed by atoms with E-state index in [1.807, 2.05) is 0 Å². The van der Waals surface area contributed by atoms with Crippen molar-refractivity contribution in [2.45, 2.75) is 12.3 Å². The highest BCUT2D eigenvalue weighted by molar-refractivity contribution is 6.31. The van der Waals surface area contributed by atoms with Gasteiger partial charge in [-0.3, -0.25) is 4.79 Å². The molecule has 132 valence electrons. The van der Waals surface area contributed by atoms with Gasteiger partial charge in [0, 0.05) is 24.4 Å². The lowest BCUT2D eigenvalue weighted by molar-refractivity contribution is -0.117. The molecular formula is C18H12ClF2N3O2. The van der Waals surface area contributed by atoms with Crippen molar-refractivity contribution >= 4 is 23.2 Å². The average molecular weight is 376 g/mol. The van der Waals surface area contributed by atoms with E-state index in [0.717, 1.165) is 0 Å². The van der Waals surface area contributed by atoms with E-state index >= 15 is 0 Å². The van der Waals surface area contributed by atoms with Crippen LogP contribution in [-0.2, 0) is 4.79 Å². The van der Waals surface area contributed by atoms with Crippen LogP contribution in [0.5, 0.6) is 0 Å². The molecule has 2 heterocycles. The van der Waals surface area contributed by atoms with E-state index in [1.54, 1.807) is 12.1 Å². The van der Waals surface area contributed by atoms with Crippen molar-refractivity contribution in [2.75, 3.05) is 11.4 Å². The molecule has 3 aromatic rings. The number of anilines is 1. The van der Waals surface area contributed by atoms with Gasteiger partial charge in [-0.1, -0.05) is 28.9 Å². The number of hydrogen-bond acceptors (Lipinski definition) is 4. The van der Waals surface area contributed by atoms with Gasteiger partial charge < -0.3 is 9.42 Å². The zero-order valence-electron chi connectivity index (χ0n) is 13.3. The molecule has 0 bridgehead atoms. The molecule has 1 saturated heterocycles. The maximum atomic E-state index is 14.2. The molecule has 0 saturated carbocycles. The van der Waals surface area contributed by atoms with Crippen LogP contribution < -0.4 is 4.90 Å². The Kier molecular flexibility index (Phi) is 4.16. The lowest BCUT2D eigenvalue weighted by Gasteiger charge is -2.17. The van der Waals surface area contributed by atoms with Gasteiger partial charge >= 0.3 is 0 Å². The van der Waals surface area contributed by atoms with E-state index in [4.69, 9.17) is 16.1 Å². The normalized spacial score (nSPS) is 17.1. The summed E-state index contributed by atoms with van der Waals surface area (Å²) in [5, 5.41) is 3.85. The van der Waals surface area contributed by atoms with E-state index in [0.29, 0.717) is 11.4 Å². The molecule has 1 aliphatic heterocycles. The summed E-state index contributed by atoms with van der Waals surface area (Å²) >= 11 is 5.79. The molecule has 0 radical (unpaired) electrons. The summed E-state index contributed by atoms with van der Waals surface area (Å²) in [7, 11) is 0. The summed E-state index contributed by atoms with van der Waals surface area (Å²) < 4.78 is 32.7. The quantitative estimate of drug-likeness (QED) is 0.688. The highest BCUT2D eigenvalue weighted by Gasteiger charge is 2.36. The highest BCUT2D eigenvalue weighted by atomic mass is 35.5. The molecule has 26 heavy (non-hydrogen) atoms. The molecule has 1 fully saturated rings. The van der Waals surface area contributed by atoms with Crippen molar-refractivity contribution < 1.29 is 18.1 Å². The van der Waals surface area contributed by atoms with Gasteiger partial charge in [0.15, 0.2) is 11.6 Å². The fourth-order valence-electron chi connectivity index (χ4n) is 2.95. The minimum atomic E-state index is -0.642. The van der Waals surface area contributed by atoms with Crippen LogP contribution in [0.25, 0.3) is 11.5 Å².